The Morgan fingerprint density at radius 1 is 1.26 bits per heavy atom. The summed E-state index contributed by atoms with van der Waals surface area (Å²) in [6, 6.07) is 3.95. The molecule has 4 rings (SSSR count). The second-order valence-corrected chi connectivity index (χ2v) is 9.08. The van der Waals surface area contributed by atoms with Gasteiger partial charge in [0.2, 0.25) is 0 Å². The zero-order chi connectivity index (χ0) is 19.5. The van der Waals surface area contributed by atoms with Crippen molar-refractivity contribution in [3.8, 4) is 0 Å². The summed E-state index contributed by atoms with van der Waals surface area (Å²) in [6.45, 7) is 8.50. The van der Waals surface area contributed by atoms with Crippen LogP contribution in [0.4, 0.5) is 0 Å². The molecular formula is C22H27NO4. The van der Waals surface area contributed by atoms with Crippen LogP contribution in [0, 0.1) is 18.3 Å². The summed E-state index contributed by atoms with van der Waals surface area (Å²) >= 11 is 0. The number of amides is 1. The fourth-order valence-electron chi connectivity index (χ4n) is 4.16. The number of carbonyl (C=O) groups is 2. The Hall–Kier alpha value is -2.30. The van der Waals surface area contributed by atoms with Gasteiger partial charge < -0.3 is 13.7 Å². The van der Waals surface area contributed by atoms with E-state index in [1.54, 1.807) is 18.9 Å². The average Bonchev–Trinajstić information content (AvgIpc) is 2.98. The number of hydrogen-bond donors (Lipinski definition) is 0. The Morgan fingerprint density at radius 2 is 1.96 bits per heavy atom. The van der Waals surface area contributed by atoms with E-state index in [1.165, 1.54) is 6.42 Å². The lowest BCUT2D eigenvalue weighted by molar-refractivity contribution is 0.0736. The lowest BCUT2D eigenvalue weighted by atomic mass is 9.76. The Labute approximate surface area is 159 Å². The van der Waals surface area contributed by atoms with Gasteiger partial charge in [-0.2, -0.15) is 0 Å². The SMILES string of the molecule is Cc1c(C(=O)N(C)Cc2ccc([C@@H]3C[C@@H]3C)o2)oc2c1C(=O)CC(C)(C)C2. The van der Waals surface area contributed by atoms with Gasteiger partial charge in [0, 0.05) is 31.4 Å². The first-order valence-electron chi connectivity index (χ1n) is 9.66. The van der Waals surface area contributed by atoms with Crippen molar-refractivity contribution in [3.63, 3.8) is 0 Å². The van der Waals surface area contributed by atoms with E-state index in [4.69, 9.17) is 8.83 Å². The van der Waals surface area contributed by atoms with Crippen molar-refractivity contribution < 1.29 is 18.4 Å². The van der Waals surface area contributed by atoms with E-state index in [2.05, 4.69) is 20.8 Å². The molecule has 0 aliphatic heterocycles. The molecule has 2 aromatic heterocycles. The van der Waals surface area contributed by atoms with Crippen LogP contribution in [0.5, 0.6) is 0 Å². The number of rotatable bonds is 4. The van der Waals surface area contributed by atoms with E-state index >= 15 is 0 Å². The molecule has 2 aliphatic carbocycles. The third kappa shape index (κ3) is 3.24. The van der Waals surface area contributed by atoms with E-state index in [0.717, 1.165) is 11.5 Å². The largest absolute Gasteiger partial charge is 0.464 e. The van der Waals surface area contributed by atoms with Crippen molar-refractivity contribution in [1.29, 1.82) is 0 Å². The lowest BCUT2D eigenvalue weighted by Crippen LogP contribution is -2.26. The first kappa shape index (κ1) is 18.1. The average molecular weight is 369 g/mol. The van der Waals surface area contributed by atoms with Gasteiger partial charge in [-0.1, -0.05) is 20.8 Å². The molecule has 0 bridgehead atoms. The molecule has 0 spiro atoms. The minimum atomic E-state index is -0.217. The number of furan rings is 2. The van der Waals surface area contributed by atoms with Gasteiger partial charge in [0.15, 0.2) is 11.5 Å². The van der Waals surface area contributed by atoms with Gasteiger partial charge in [0.1, 0.15) is 17.3 Å². The Kier molecular flexibility index (Phi) is 4.09. The number of hydrogen-bond acceptors (Lipinski definition) is 4. The quantitative estimate of drug-likeness (QED) is 0.781. The molecule has 2 aromatic rings. The topological polar surface area (TPSA) is 63.7 Å². The molecule has 1 amide bonds. The van der Waals surface area contributed by atoms with Crippen molar-refractivity contribution in [2.24, 2.45) is 11.3 Å². The van der Waals surface area contributed by atoms with Crippen LogP contribution in [0.2, 0.25) is 0 Å². The summed E-state index contributed by atoms with van der Waals surface area (Å²) in [7, 11) is 1.73. The van der Waals surface area contributed by atoms with Crippen LogP contribution in [-0.2, 0) is 13.0 Å². The second kappa shape index (κ2) is 6.11. The minimum absolute atomic E-state index is 0.0680. The first-order valence-corrected chi connectivity index (χ1v) is 9.66. The summed E-state index contributed by atoms with van der Waals surface area (Å²) in [5.41, 5.74) is 1.13. The van der Waals surface area contributed by atoms with Crippen molar-refractivity contribution >= 4 is 11.7 Å². The third-order valence-electron chi connectivity index (χ3n) is 5.87. The maximum Gasteiger partial charge on any atom is 0.290 e. The number of Topliss-reactive ketones (excluding diaryl/α,β-unsaturated/α-hetero) is 1. The Bertz CT molecular complexity index is 917. The Morgan fingerprint density at radius 3 is 2.63 bits per heavy atom. The van der Waals surface area contributed by atoms with Gasteiger partial charge in [-0.05, 0) is 36.8 Å². The molecule has 0 unspecified atom stereocenters. The minimum Gasteiger partial charge on any atom is -0.464 e. The number of ketones is 1. The zero-order valence-corrected chi connectivity index (χ0v) is 16.7. The van der Waals surface area contributed by atoms with Gasteiger partial charge in [-0.25, -0.2) is 0 Å². The second-order valence-electron chi connectivity index (χ2n) is 9.08. The lowest BCUT2D eigenvalue weighted by Gasteiger charge is -2.27. The highest BCUT2D eigenvalue weighted by Gasteiger charge is 2.38. The van der Waals surface area contributed by atoms with Crippen molar-refractivity contribution in [2.45, 2.75) is 59.4 Å². The van der Waals surface area contributed by atoms with Gasteiger partial charge in [-0.15, -0.1) is 0 Å². The van der Waals surface area contributed by atoms with E-state index in [9.17, 15) is 9.59 Å². The highest BCUT2D eigenvalue weighted by atomic mass is 16.4. The number of carbonyl (C=O) groups excluding carboxylic acids is 2. The van der Waals surface area contributed by atoms with Crippen molar-refractivity contribution in [1.82, 2.24) is 4.90 Å². The number of fused-ring (bicyclic) bond motifs is 1. The third-order valence-corrected chi connectivity index (χ3v) is 5.87. The molecule has 1 fully saturated rings. The fourth-order valence-corrected chi connectivity index (χ4v) is 4.16. The molecule has 2 heterocycles. The predicted molar refractivity (Wildman–Crippen MR) is 101 cm³/mol. The predicted octanol–water partition coefficient (Wildman–Crippen LogP) is 4.73. The molecular weight excluding hydrogens is 342 g/mol. The van der Waals surface area contributed by atoms with Crippen LogP contribution in [-0.4, -0.2) is 23.6 Å². The van der Waals surface area contributed by atoms with Gasteiger partial charge in [0.05, 0.1) is 12.1 Å². The molecule has 27 heavy (non-hydrogen) atoms. The fraction of sp³-hybridized carbons (Fsp3) is 0.545. The summed E-state index contributed by atoms with van der Waals surface area (Å²) < 4.78 is 11.8. The van der Waals surface area contributed by atoms with E-state index in [-0.39, 0.29) is 22.9 Å². The maximum absolute atomic E-state index is 12.9. The molecule has 0 aromatic carbocycles. The standard InChI is InChI=1S/C22H27NO4/c1-12-8-15(12)17-7-6-14(26-17)11-23(5)21(25)20-13(2)19-16(24)9-22(3,4)10-18(19)27-20/h6-7,12,15H,8-11H2,1-5H3/t12-,15+/m0/s1. The highest BCUT2D eigenvalue weighted by Crippen LogP contribution is 2.47. The van der Waals surface area contributed by atoms with Crippen LogP contribution in [0.15, 0.2) is 21.0 Å². The molecule has 2 atom stereocenters. The van der Waals surface area contributed by atoms with Crippen LogP contribution in [0.1, 0.15) is 83.3 Å². The summed E-state index contributed by atoms with van der Waals surface area (Å²) in [6.07, 6.45) is 2.33. The molecule has 5 heteroatoms. The van der Waals surface area contributed by atoms with Gasteiger partial charge in [0.25, 0.3) is 5.91 Å². The summed E-state index contributed by atoms with van der Waals surface area (Å²) in [5.74, 6) is 3.76. The van der Waals surface area contributed by atoms with Crippen molar-refractivity contribution in [2.75, 3.05) is 7.05 Å². The van der Waals surface area contributed by atoms with Gasteiger partial charge >= 0.3 is 0 Å². The van der Waals surface area contributed by atoms with Crippen LogP contribution in [0.25, 0.3) is 0 Å². The van der Waals surface area contributed by atoms with Crippen LogP contribution < -0.4 is 0 Å². The maximum atomic E-state index is 12.9. The van der Waals surface area contributed by atoms with E-state index in [0.29, 0.717) is 48.1 Å². The molecule has 2 aliphatic rings. The monoisotopic (exact) mass is 369 g/mol. The summed E-state index contributed by atoms with van der Waals surface area (Å²) in [4.78, 5) is 27.0. The van der Waals surface area contributed by atoms with E-state index < -0.39 is 0 Å². The molecule has 0 saturated heterocycles. The molecule has 5 nitrogen and oxygen atoms in total. The van der Waals surface area contributed by atoms with Crippen LogP contribution >= 0.6 is 0 Å². The van der Waals surface area contributed by atoms with Crippen molar-refractivity contribution in [3.05, 3.63) is 46.3 Å². The molecule has 144 valence electrons. The van der Waals surface area contributed by atoms with Gasteiger partial charge in [-0.3, -0.25) is 9.59 Å². The molecule has 1 saturated carbocycles. The Balaban J connectivity index is 1.52. The highest BCUT2D eigenvalue weighted by molar-refractivity contribution is 6.03. The number of nitrogens with zero attached hydrogens (tertiary/aromatic N) is 1. The van der Waals surface area contributed by atoms with E-state index in [1.807, 2.05) is 12.1 Å². The first-order chi connectivity index (χ1) is 12.7. The molecule has 0 N–H and O–H groups in total. The smallest absolute Gasteiger partial charge is 0.290 e. The normalized spacial score (nSPS) is 23.2. The van der Waals surface area contributed by atoms with Crippen LogP contribution in [0.3, 0.4) is 0 Å². The molecule has 0 radical (unpaired) electrons. The summed E-state index contributed by atoms with van der Waals surface area (Å²) in [5, 5.41) is 0. The zero-order valence-electron chi connectivity index (χ0n) is 16.7.